The number of benzene rings is 3. The molecule has 162 valence electrons. The van der Waals surface area contributed by atoms with E-state index >= 15 is 0 Å². The van der Waals surface area contributed by atoms with E-state index < -0.39 is 18.5 Å². The molecule has 0 saturated carbocycles. The molecule has 0 N–H and O–H groups in total. The Kier molecular flexibility index (Phi) is 7.23. The second kappa shape index (κ2) is 10.1. The van der Waals surface area contributed by atoms with Crippen LogP contribution >= 0.6 is 0 Å². The molecule has 1 unspecified atom stereocenters. The molecule has 31 heavy (non-hydrogen) atoms. The second-order valence-corrected chi connectivity index (χ2v) is 7.32. The van der Waals surface area contributed by atoms with Crippen LogP contribution < -0.4 is 9.47 Å². The lowest BCUT2D eigenvalue weighted by Gasteiger charge is -2.23. The molecule has 0 bridgehead atoms. The second-order valence-electron chi connectivity index (χ2n) is 7.32. The van der Waals surface area contributed by atoms with Crippen LogP contribution in [0.15, 0.2) is 72.8 Å². The first kappa shape index (κ1) is 22.3. The number of carbonyl (C=O) groups excluding carboxylic acids is 1. The van der Waals surface area contributed by atoms with Gasteiger partial charge < -0.3 is 14.2 Å². The average Bonchev–Trinajstić information content (AvgIpc) is 2.75. The molecule has 0 spiro atoms. The van der Waals surface area contributed by atoms with Crippen LogP contribution in [0.3, 0.4) is 0 Å². The molecule has 0 amide bonds. The number of alkyl halides is 2. The number of rotatable bonds is 8. The molecule has 0 aliphatic carbocycles. The molecule has 0 aliphatic rings. The molecule has 0 aromatic heterocycles. The smallest absolute Gasteiger partial charge is 0.387 e. The Bertz CT molecular complexity index is 1020. The fourth-order valence-electron chi connectivity index (χ4n) is 3.47. The number of hydrogen-bond donors (Lipinski definition) is 0. The van der Waals surface area contributed by atoms with Gasteiger partial charge in [0.25, 0.3) is 0 Å². The summed E-state index contributed by atoms with van der Waals surface area (Å²) < 4.78 is 41.1. The molecule has 0 aliphatic heterocycles. The summed E-state index contributed by atoms with van der Waals surface area (Å²) in [5.74, 6) is 0.223. The van der Waals surface area contributed by atoms with Crippen molar-refractivity contribution in [2.24, 2.45) is 5.92 Å². The number of ether oxygens (including phenoxy) is 3. The molecule has 0 saturated heterocycles. The third-order valence-corrected chi connectivity index (χ3v) is 4.83. The minimum absolute atomic E-state index is 0.00972. The number of esters is 1. The molecular weight excluding hydrogens is 402 g/mol. The normalized spacial score (nSPS) is 12.0. The van der Waals surface area contributed by atoms with Gasteiger partial charge in [-0.2, -0.15) is 8.78 Å². The lowest BCUT2D eigenvalue weighted by atomic mass is 9.83. The summed E-state index contributed by atoms with van der Waals surface area (Å²) in [6, 6.07) is 21.1. The predicted molar refractivity (Wildman–Crippen MR) is 115 cm³/mol. The fraction of sp³-hybridized carbons (Fsp3) is 0.240. The highest BCUT2D eigenvalue weighted by atomic mass is 19.3. The molecule has 0 radical (unpaired) electrons. The van der Waals surface area contributed by atoms with Crippen LogP contribution in [-0.2, 0) is 9.53 Å². The first-order chi connectivity index (χ1) is 14.9. The average molecular weight is 426 g/mol. The standard InChI is InChI=1S/C25H24F2O4/c1-16(2)23(24(28)29-3)21-13-12-20(31-25(26)27)15-22(21)17-8-7-11-19(14-17)30-18-9-5-4-6-10-18/h4-16,23,25H,1-3H3. The van der Waals surface area contributed by atoms with E-state index in [9.17, 15) is 13.6 Å². The van der Waals surface area contributed by atoms with Crippen molar-refractivity contribution >= 4 is 5.97 Å². The van der Waals surface area contributed by atoms with Crippen LogP contribution in [-0.4, -0.2) is 19.7 Å². The van der Waals surface area contributed by atoms with Crippen LogP contribution in [0, 0.1) is 5.92 Å². The minimum atomic E-state index is -2.95. The maximum absolute atomic E-state index is 12.8. The molecule has 0 heterocycles. The summed E-state index contributed by atoms with van der Waals surface area (Å²) in [6.45, 7) is 0.862. The third kappa shape index (κ3) is 5.60. The molecule has 3 aromatic rings. The van der Waals surface area contributed by atoms with E-state index in [4.69, 9.17) is 9.47 Å². The van der Waals surface area contributed by atoms with Gasteiger partial charge in [-0.25, -0.2) is 0 Å². The zero-order chi connectivity index (χ0) is 22.4. The number of carbonyl (C=O) groups is 1. The van der Waals surface area contributed by atoms with Gasteiger partial charge in [0.1, 0.15) is 17.2 Å². The largest absolute Gasteiger partial charge is 0.469 e. The Labute approximate surface area is 180 Å². The number of para-hydroxylation sites is 1. The lowest BCUT2D eigenvalue weighted by molar-refractivity contribution is -0.143. The minimum Gasteiger partial charge on any atom is -0.469 e. The monoisotopic (exact) mass is 426 g/mol. The van der Waals surface area contributed by atoms with Crippen molar-refractivity contribution in [3.05, 3.63) is 78.4 Å². The topological polar surface area (TPSA) is 44.8 Å². The molecule has 3 aromatic carbocycles. The maximum atomic E-state index is 12.8. The molecule has 6 heteroatoms. The Hall–Kier alpha value is -3.41. The first-order valence-electron chi connectivity index (χ1n) is 9.89. The van der Waals surface area contributed by atoms with E-state index in [-0.39, 0.29) is 11.7 Å². The predicted octanol–water partition coefficient (Wildman–Crippen LogP) is 6.66. The van der Waals surface area contributed by atoms with Gasteiger partial charge in [0, 0.05) is 0 Å². The van der Waals surface area contributed by atoms with Crippen LogP contribution in [0.25, 0.3) is 11.1 Å². The fourth-order valence-corrected chi connectivity index (χ4v) is 3.47. The number of hydrogen-bond acceptors (Lipinski definition) is 4. The van der Waals surface area contributed by atoms with Gasteiger partial charge >= 0.3 is 12.6 Å². The van der Waals surface area contributed by atoms with Crippen molar-refractivity contribution < 1.29 is 27.8 Å². The van der Waals surface area contributed by atoms with Crippen LogP contribution in [0.1, 0.15) is 25.3 Å². The van der Waals surface area contributed by atoms with E-state index in [0.717, 1.165) is 0 Å². The third-order valence-electron chi connectivity index (χ3n) is 4.83. The van der Waals surface area contributed by atoms with E-state index in [1.807, 2.05) is 50.2 Å². The van der Waals surface area contributed by atoms with Gasteiger partial charge in [0.15, 0.2) is 0 Å². The summed E-state index contributed by atoms with van der Waals surface area (Å²) in [4.78, 5) is 12.5. The van der Waals surface area contributed by atoms with Gasteiger partial charge in [0.2, 0.25) is 0 Å². The summed E-state index contributed by atoms with van der Waals surface area (Å²) in [5, 5.41) is 0. The highest BCUT2D eigenvalue weighted by molar-refractivity contribution is 5.83. The summed E-state index contributed by atoms with van der Waals surface area (Å²) >= 11 is 0. The van der Waals surface area contributed by atoms with Crippen molar-refractivity contribution in [1.82, 2.24) is 0 Å². The van der Waals surface area contributed by atoms with Gasteiger partial charge in [-0.05, 0) is 59.0 Å². The van der Waals surface area contributed by atoms with E-state index in [1.165, 1.54) is 19.2 Å². The van der Waals surface area contributed by atoms with Crippen LogP contribution in [0.2, 0.25) is 0 Å². The summed E-state index contributed by atoms with van der Waals surface area (Å²) in [7, 11) is 1.33. The van der Waals surface area contributed by atoms with Crippen molar-refractivity contribution in [2.75, 3.05) is 7.11 Å². The van der Waals surface area contributed by atoms with Crippen LogP contribution in [0.4, 0.5) is 8.78 Å². The van der Waals surface area contributed by atoms with E-state index in [2.05, 4.69) is 4.74 Å². The molecule has 3 rings (SSSR count). The van der Waals surface area contributed by atoms with Crippen molar-refractivity contribution in [1.29, 1.82) is 0 Å². The van der Waals surface area contributed by atoms with Gasteiger partial charge in [0.05, 0.1) is 13.0 Å². The molecule has 4 nitrogen and oxygen atoms in total. The zero-order valence-corrected chi connectivity index (χ0v) is 17.5. The van der Waals surface area contributed by atoms with Crippen molar-refractivity contribution in [3.63, 3.8) is 0 Å². The van der Waals surface area contributed by atoms with Crippen LogP contribution in [0.5, 0.6) is 17.2 Å². The quantitative estimate of drug-likeness (QED) is 0.378. The molecule has 0 fully saturated rings. The Morgan fingerprint density at radius 2 is 1.55 bits per heavy atom. The first-order valence-corrected chi connectivity index (χ1v) is 9.89. The molecule has 1 atom stereocenters. The van der Waals surface area contributed by atoms with Gasteiger partial charge in [-0.1, -0.05) is 50.2 Å². The number of methoxy groups -OCH3 is 1. The highest BCUT2D eigenvalue weighted by Gasteiger charge is 2.28. The Morgan fingerprint density at radius 1 is 0.839 bits per heavy atom. The van der Waals surface area contributed by atoms with Crippen molar-refractivity contribution in [3.8, 4) is 28.4 Å². The molecular formula is C25H24F2O4. The van der Waals surface area contributed by atoms with Crippen molar-refractivity contribution in [2.45, 2.75) is 26.4 Å². The maximum Gasteiger partial charge on any atom is 0.387 e. The van der Waals surface area contributed by atoms with E-state index in [1.54, 1.807) is 24.3 Å². The Balaban J connectivity index is 2.08. The summed E-state index contributed by atoms with van der Waals surface area (Å²) in [5.41, 5.74) is 1.97. The zero-order valence-electron chi connectivity index (χ0n) is 17.5. The highest BCUT2D eigenvalue weighted by Crippen LogP contribution is 2.38. The summed E-state index contributed by atoms with van der Waals surface area (Å²) in [6.07, 6.45) is 0. The van der Waals surface area contributed by atoms with Gasteiger partial charge in [-0.3, -0.25) is 4.79 Å². The number of halogens is 2. The Morgan fingerprint density at radius 3 is 2.19 bits per heavy atom. The van der Waals surface area contributed by atoms with E-state index in [0.29, 0.717) is 28.2 Å². The SMILES string of the molecule is COC(=O)C(c1ccc(OC(F)F)cc1-c1cccc(Oc2ccccc2)c1)C(C)C. The van der Waals surface area contributed by atoms with Gasteiger partial charge in [-0.15, -0.1) is 0 Å². The lowest BCUT2D eigenvalue weighted by Crippen LogP contribution is -2.20.